The van der Waals surface area contributed by atoms with Gasteiger partial charge in [0.1, 0.15) is 17.4 Å². The van der Waals surface area contributed by atoms with E-state index in [0.717, 1.165) is 37.1 Å². The van der Waals surface area contributed by atoms with Crippen LogP contribution in [0.25, 0.3) is 0 Å². The van der Waals surface area contributed by atoms with Gasteiger partial charge in [-0.05, 0) is 30.9 Å². The molecule has 0 unspecified atom stereocenters. The highest BCUT2D eigenvalue weighted by atomic mass is 16.5. The molecule has 4 rings (SSSR count). The van der Waals surface area contributed by atoms with Crippen LogP contribution in [0.4, 0.5) is 0 Å². The second-order valence-electron chi connectivity index (χ2n) is 7.06. The molecule has 0 atom stereocenters. The van der Waals surface area contributed by atoms with Crippen molar-refractivity contribution in [2.45, 2.75) is 18.8 Å². The summed E-state index contributed by atoms with van der Waals surface area (Å²) in [6.07, 6.45) is 1.74. The van der Waals surface area contributed by atoms with E-state index in [1.54, 1.807) is 0 Å². The fourth-order valence-corrected chi connectivity index (χ4v) is 3.79. The number of piperidine rings is 1. The van der Waals surface area contributed by atoms with Crippen molar-refractivity contribution in [2.75, 3.05) is 19.7 Å². The van der Waals surface area contributed by atoms with Crippen molar-refractivity contribution in [1.82, 2.24) is 4.90 Å². The zero-order valence-corrected chi connectivity index (χ0v) is 15.1. The smallest absolute Gasteiger partial charge is 0.318 e. The second-order valence-corrected chi connectivity index (χ2v) is 7.06. The van der Waals surface area contributed by atoms with Crippen LogP contribution < -0.4 is 10.5 Å². The summed E-state index contributed by atoms with van der Waals surface area (Å²) in [5.41, 5.74) is 7.22. The highest BCUT2D eigenvalue weighted by Gasteiger charge is 2.34. The summed E-state index contributed by atoms with van der Waals surface area (Å²) in [6, 6.07) is 15.2. The standard InChI is InChI=1S/C21H23N3O3/c22-21(23)24-11-9-14(10-12-24)13-26-20(25)19-15-5-1-3-7-17(15)27-18-8-4-2-6-16(18)19/h1-8,14,19H,9-13H2,(H3,22,23). The second kappa shape index (κ2) is 7.31. The van der Waals surface area contributed by atoms with E-state index < -0.39 is 5.92 Å². The Labute approximate surface area is 158 Å². The molecule has 0 saturated carbocycles. The van der Waals surface area contributed by atoms with E-state index in [4.69, 9.17) is 20.6 Å². The van der Waals surface area contributed by atoms with Crippen molar-refractivity contribution in [2.24, 2.45) is 11.7 Å². The lowest BCUT2D eigenvalue weighted by molar-refractivity contribution is -0.146. The van der Waals surface area contributed by atoms with Crippen LogP contribution in [0, 0.1) is 11.3 Å². The van der Waals surface area contributed by atoms with Crippen molar-refractivity contribution >= 4 is 11.9 Å². The normalized spacial score (nSPS) is 16.8. The number of nitrogens with two attached hydrogens (primary N) is 1. The van der Waals surface area contributed by atoms with Gasteiger partial charge < -0.3 is 20.1 Å². The molecule has 0 spiro atoms. The summed E-state index contributed by atoms with van der Waals surface area (Å²) in [5.74, 6) is 1.10. The van der Waals surface area contributed by atoms with E-state index in [1.807, 2.05) is 53.4 Å². The monoisotopic (exact) mass is 365 g/mol. The van der Waals surface area contributed by atoms with Crippen LogP contribution in [0.5, 0.6) is 11.5 Å². The van der Waals surface area contributed by atoms with Crippen molar-refractivity contribution in [3.05, 3.63) is 59.7 Å². The predicted octanol–water partition coefficient (Wildman–Crippen LogP) is 3.07. The number of nitrogens with zero attached hydrogens (tertiary/aromatic N) is 1. The molecule has 2 aromatic rings. The number of ether oxygens (including phenoxy) is 2. The number of esters is 1. The minimum absolute atomic E-state index is 0.112. The molecule has 27 heavy (non-hydrogen) atoms. The maximum atomic E-state index is 13.0. The molecule has 2 aromatic carbocycles. The average Bonchev–Trinajstić information content (AvgIpc) is 2.70. The van der Waals surface area contributed by atoms with Crippen LogP contribution in [0.3, 0.4) is 0 Å². The summed E-state index contributed by atoms with van der Waals surface area (Å²) < 4.78 is 11.7. The van der Waals surface area contributed by atoms with Gasteiger partial charge in [0.15, 0.2) is 5.96 Å². The van der Waals surface area contributed by atoms with Gasteiger partial charge in [0.25, 0.3) is 0 Å². The lowest BCUT2D eigenvalue weighted by Gasteiger charge is -2.32. The van der Waals surface area contributed by atoms with Crippen molar-refractivity contribution < 1.29 is 14.3 Å². The molecule has 2 aliphatic heterocycles. The predicted molar refractivity (Wildman–Crippen MR) is 102 cm³/mol. The molecule has 6 nitrogen and oxygen atoms in total. The molecular formula is C21H23N3O3. The maximum Gasteiger partial charge on any atom is 0.318 e. The van der Waals surface area contributed by atoms with E-state index in [1.165, 1.54) is 0 Å². The number of guanidine groups is 1. The molecule has 140 valence electrons. The van der Waals surface area contributed by atoms with Gasteiger partial charge in [-0.15, -0.1) is 0 Å². The molecule has 0 aliphatic carbocycles. The maximum absolute atomic E-state index is 13.0. The summed E-state index contributed by atoms with van der Waals surface area (Å²) in [6.45, 7) is 1.87. The zero-order valence-electron chi connectivity index (χ0n) is 15.1. The summed E-state index contributed by atoms with van der Waals surface area (Å²) in [4.78, 5) is 14.8. The number of likely N-dealkylation sites (tertiary alicyclic amines) is 1. The quantitative estimate of drug-likeness (QED) is 0.496. The number of para-hydroxylation sites is 2. The number of fused-ring (bicyclic) bond motifs is 2. The molecule has 0 aromatic heterocycles. The Morgan fingerprint density at radius 3 is 2.19 bits per heavy atom. The Morgan fingerprint density at radius 2 is 1.63 bits per heavy atom. The van der Waals surface area contributed by atoms with Crippen LogP contribution in [0.15, 0.2) is 48.5 Å². The number of nitrogens with one attached hydrogen (secondary N) is 1. The van der Waals surface area contributed by atoms with Gasteiger partial charge in [0, 0.05) is 24.2 Å². The number of carbonyl (C=O) groups excluding carboxylic acids is 1. The minimum atomic E-state index is -0.469. The topological polar surface area (TPSA) is 88.6 Å². The molecular weight excluding hydrogens is 342 g/mol. The van der Waals surface area contributed by atoms with E-state index >= 15 is 0 Å². The lowest BCUT2D eigenvalue weighted by Crippen LogP contribution is -2.43. The van der Waals surface area contributed by atoms with E-state index in [0.29, 0.717) is 24.0 Å². The fraction of sp³-hybridized carbons (Fsp3) is 0.333. The van der Waals surface area contributed by atoms with Crippen LogP contribution >= 0.6 is 0 Å². The van der Waals surface area contributed by atoms with Gasteiger partial charge in [-0.25, -0.2) is 0 Å². The number of hydrogen-bond acceptors (Lipinski definition) is 4. The SMILES string of the molecule is N=C(N)N1CCC(COC(=O)C2c3ccccc3Oc3ccccc32)CC1. The first-order chi connectivity index (χ1) is 13.1. The minimum Gasteiger partial charge on any atom is -0.465 e. The Hall–Kier alpha value is -3.02. The van der Waals surface area contributed by atoms with Crippen LogP contribution in [-0.4, -0.2) is 36.5 Å². The third kappa shape index (κ3) is 3.47. The van der Waals surface area contributed by atoms with Gasteiger partial charge >= 0.3 is 5.97 Å². The molecule has 0 bridgehead atoms. The van der Waals surface area contributed by atoms with Crippen LogP contribution in [0.2, 0.25) is 0 Å². The largest absolute Gasteiger partial charge is 0.465 e. The first-order valence-electron chi connectivity index (χ1n) is 9.25. The number of hydrogen-bond donors (Lipinski definition) is 2. The Balaban J connectivity index is 1.47. The molecule has 2 heterocycles. The molecule has 1 saturated heterocycles. The highest BCUT2D eigenvalue weighted by molar-refractivity contribution is 5.85. The molecule has 2 aliphatic rings. The van der Waals surface area contributed by atoms with Crippen LogP contribution in [0.1, 0.15) is 29.9 Å². The summed E-state index contributed by atoms with van der Waals surface area (Å²) >= 11 is 0. The van der Waals surface area contributed by atoms with Gasteiger partial charge in [-0.2, -0.15) is 0 Å². The van der Waals surface area contributed by atoms with Gasteiger partial charge in [-0.3, -0.25) is 10.2 Å². The van der Waals surface area contributed by atoms with Crippen molar-refractivity contribution in [1.29, 1.82) is 5.41 Å². The molecule has 3 N–H and O–H groups in total. The first-order valence-corrected chi connectivity index (χ1v) is 9.25. The van der Waals surface area contributed by atoms with E-state index in [-0.39, 0.29) is 11.9 Å². The van der Waals surface area contributed by atoms with Crippen molar-refractivity contribution in [3.8, 4) is 11.5 Å². The zero-order chi connectivity index (χ0) is 18.8. The summed E-state index contributed by atoms with van der Waals surface area (Å²) in [5, 5.41) is 7.50. The number of rotatable bonds is 3. The molecule has 0 radical (unpaired) electrons. The lowest BCUT2D eigenvalue weighted by atomic mass is 9.88. The fourth-order valence-electron chi connectivity index (χ4n) is 3.79. The van der Waals surface area contributed by atoms with Gasteiger partial charge in [0.2, 0.25) is 0 Å². The van der Waals surface area contributed by atoms with E-state index in [9.17, 15) is 4.79 Å². The Morgan fingerprint density at radius 1 is 1.07 bits per heavy atom. The highest BCUT2D eigenvalue weighted by Crippen LogP contribution is 2.44. The Bertz CT molecular complexity index is 814. The van der Waals surface area contributed by atoms with Gasteiger partial charge in [-0.1, -0.05) is 36.4 Å². The number of carbonyl (C=O) groups is 1. The Kier molecular flexibility index (Phi) is 4.71. The first kappa shape index (κ1) is 17.4. The van der Waals surface area contributed by atoms with Crippen molar-refractivity contribution in [3.63, 3.8) is 0 Å². The summed E-state index contributed by atoms with van der Waals surface area (Å²) in [7, 11) is 0. The third-order valence-corrected chi connectivity index (χ3v) is 5.33. The molecule has 0 amide bonds. The third-order valence-electron chi connectivity index (χ3n) is 5.33. The average molecular weight is 365 g/mol. The van der Waals surface area contributed by atoms with Crippen LogP contribution in [-0.2, 0) is 9.53 Å². The van der Waals surface area contributed by atoms with E-state index in [2.05, 4.69) is 0 Å². The number of benzene rings is 2. The molecule has 1 fully saturated rings. The molecule has 6 heteroatoms. The van der Waals surface area contributed by atoms with Gasteiger partial charge in [0.05, 0.1) is 6.61 Å².